The molecule has 0 aliphatic carbocycles. The average Bonchev–Trinajstić information content (AvgIpc) is 2.18. The Kier molecular flexibility index (Phi) is 4.26. The number of carbonyl (C=O) groups is 1. The van der Waals surface area contributed by atoms with E-state index < -0.39 is 0 Å². The SMILES string of the molecule is CCC1CN(C(=O)C#CBr)CCO1. The van der Waals surface area contributed by atoms with Crippen LogP contribution in [0.2, 0.25) is 0 Å². The highest BCUT2D eigenvalue weighted by Crippen LogP contribution is 2.07. The summed E-state index contributed by atoms with van der Waals surface area (Å²) in [5, 5.41) is 0. The number of nitrogens with zero attached hydrogens (tertiary/aromatic N) is 1. The largest absolute Gasteiger partial charge is 0.375 e. The number of rotatable bonds is 1. The first kappa shape index (κ1) is 10.6. The number of carbonyl (C=O) groups excluding carboxylic acids is 1. The smallest absolute Gasteiger partial charge is 0.299 e. The molecule has 4 heteroatoms. The van der Waals surface area contributed by atoms with Gasteiger partial charge < -0.3 is 9.64 Å². The van der Waals surface area contributed by atoms with E-state index in [1.165, 1.54) is 0 Å². The summed E-state index contributed by atoms with van der Waals surface area (Å²) >= 11 is 2.91. The van der Waals surface area contributed by atoms with Gasteiger partial charge in [0.1, 0.15) is 0 Å². The third-order valence-electron chi connectivity index (χ3n) is 2.04. The Balaban J connectivity index is 2.49. The lowest BCUT2D eigenvalue weighted by atomic mass is 10.2. The zero-order valence-corrected chi connectivity index (χ0v) is 9.13. The van der Waals surface area contributed by atoms with Crippen molar-refractivity contribution >= 4 is 21.8 Å². The lowest BCUT2D eigenvalue weighted by molar-refractivity contribution is -0.132. The molecule has 1 rings (SSSR count). The number of amides is 1. The van der Waals surface area contributed by atoms with Gasteiger partial charge in [-0.3, -0.25) is 4.79 Å². The van der Waals surface area contributed by atoms with E-state index >= 15 is 0 Å². The van der Waals surface area contributed by atoms with E-state index in [9.17, 15) is 4.79 Å². The van der Waals surface area contributed by atoms with Gasteiger partial charge in [0.05, 0.1) is 12.7 Å². The van der Waals surface area contributed by atoms with Crippen molar-refractivity contribution in [1.82, 2.24) is 4.90 Å². The summed E-state index contributed by atoms with van der Waals surface area (Å²) in [6.45, 7) is 3.98. The summed E-state index contributed by atoms with van der Waals surface area (Å²) in [4.78, 5) is 15.5. The van der Waals surface area contributed by atoms with E-state index in [-0.39, 0.29) is 12.0 Å². The molecule has 0 aromatic heterocycles. The van der Waals surface area contributed by atoms with Crippen LogP contribution < -0.4 is 0 Å². The summed E-state index contributed by atoms with van der Waals surface area (Å²) in [5.74, 6) is 2.33. The Morgan fingerprint density at radius 1 is 1.77 bits per heavy atom. The van der Waals surface area contributed by atoms with Crippen LogP contribution >= 0.6 is 15.9 Å². The maximum Gasteiger partial charge on any atom is 0.299 e. The molecular weight excluding hydrogens is 234 g/mol. The minimum Gasteiger partial charge on any atom is -0.375 e. The Morgan fingerprint density at radius 2 is 2.54 bits per heavy atom. The standard InChI is InChI=1S/C9H12BrNO2/c1-2-8-7-11(5-6-13-8)9(12)3-4-10/h8H,2,5-7H2,1H3. The van der Waals surface area contributed by atoms with Crippen molar-refractivity contribution in [2.45, 2.75) is 19.4 Å². The summed E-state index contributed by atoms with van der Waals surface area (Å²) in [7, 11) is 0. The van der Waals surface area contributed by atoms with Crippen molar-refractivity contribution in [1.29, 1.82) is 0 Å². The zero-order chi connectivity index (χ0) is 9.68. The summed E-state index contributed by atoms with van der Waals surface area (Å²) in [6, 6.07) is 0. The monoisotopic (exact) mass is 245 g/mol. The summed E-state index contributed by atoms with van der Waals surface area (Å²) in [5.41, 5.74) is 0. The number of halogens is 1. The maximum absolute atomic E-state index is 11.3. The minimum absolute atomic E-state index is 0.126. The second kappa shape index (κ2) is 5.25. The van der Waals surface area contributed by atoms with Crippen LogP contribution in [-0.4, -0.2) is 36.6 Å². The quantitative estimate of drug-likeness (QED) is 0.645. The van der Waals surface area contributed by atoms with Crippen LogP contribution in [0, 0.1) is 10.8 Å². The molecule has 1 aliphatic heterocycles. The van der Waals surface area contributed by atoms with Crippen LogP contribution in [0.1, 0.15) is 13.3 Å². The van der Waals surface area contributed by atoms with Gasteiger partial charge in [-0.2, -0.15) is 0 Å². The number of morpholine rings is 1. The predicted octanol–water partition coefficient (Wildman–Crippen LogP) is 0.980. The van der Waals surface area contributed by atoms with E-state index in [2.05, 4.69) is 33.6 Å². The highest BCUT2D eigenvalue weighted by atomic mass is 79.9. The molecule has 0 radical (unpaired) electrons. The van der Waals surface area contributed by atoms with Gasteiger partial charge in [-0.25, -0.2) is 0 Å². The lowest BCUT2D eigenvalue weighted by Crippen LogP contribution is -2.44. The summed E-state index contributed by atoms with van der Waals surface area (Å²) < 4.78 is 5.43. The van der Waals surface area contributed by atoms with E-state index in [1.807, 2.05) is 0 Å². The van der Waals surface area contributed by atoms with Crippen LogP contribution in [-0.2, 0) is 9.53 Å². The van der Waals surface area contributed by atoms with Gasteiger partial charge in [0.15, 0.2) is 0 Å². The molecule has 0 bridgehead atoms. The van der Waals surface area contributed by atoms with Gasteiger partial charge >= 0.3 is 0 Å². The first-order valence-electron chi connectivity index (χ1n) is 4.30. The first-order valence-corrected chi connectivity index (χ1v) is 5.09. The van der Waals surface area contributed by atoms with Crippen LogP contribution in [0.5, 0.6) is 0 Å². The van der Waals surface area contributed by atoms with Gasteiger partial charge in [-0.1, -0.05) is 6.92 Å². The molecule has 0 aromatic carbocycles. The normalized spacial score (nSPS) is 22.0. The van der Waals surface area contributed by atoms with Gasteiger partial charge in [0, 0.05) is 34.9 Å². The summed E-state index contributed by atoms with van der Waals surface area (Å²) in [6.07, 6.45) is 1.11. The fourth-order valence-electron chi connectivity index (χ4n) is 1.27. The second-order valence-corrected chi connectivity index (χ2v) is 3.27. The molecule has 1 unspecified atom stereocenters. The van der Waals surface area contributed by atoms with Gasteiger partial charge in [-0.05, 0) is 11.3 Å². The Hall–Kier alpha value is -0.530. The predicted molar refractivity (Wildman–Crippen MR) is 53.3 cm³/mol. The van der Waals surface area contributed by atoms with Crippen molar-refractivity contribution in [3.63, 3.8) is 0 Å². The van der Waals surface area contributed by atoms with Gasteiger partial charge in [-0.15, -0.1) is 0 Å². The number of hydrogen-bond acceptors (Lipinski definition) is 2. The Bertz CT molecular complexity index is 244. The van der Waals surface area contributed by atoms with Crippen molar-refractivity contribution in [3.8, 4) is 10.8 Å². The van der Waals surface area contributed by atoms with Crippen molar-refractivity contribution in [2.75, 3.05) is 19.7 Å². The molecule has 0 N–H and O–H groups in total. The van der Waals surface area contributed by atoms with E-state index in [1.54, 1.807) is 4.90 Å². The molecule has 1 fully saturated rings. The zero-order valence-electron chi connectivity index (χ0n) is 7.55. The molecule has 72 valence electrons. The molecular formula is C9H12BrNO2. The van der Waals surface area contributed by atoms with Crippen molar-refractivity contribution < 1.29 is 9.53 Å². The number of hydrogen-bond donors (Lipinski definition) is 0. The van der Waals surface area contributed by atoms with E-state index in [0.717, 1.165) is 6.42 Å². The minimum atomic E-state index is -0.126. The maximum atomic E-state index is 11.3. The van der Waals surface area contributed by atoms with Crippen LogP contribution in [0.3, 0.4) is 0 Å². The number of ether oxygens (including phenoxy) is 1. The Labute approximate surface area is 86.6 Å². The average molecular weight is 246 g/mol. The van der Waals surface area contributed by atoms with Crippen LogP contribution in [0.25, 0.3) is 0 Å². The molecule has 1 saturated heterocycles. The highest BCUT2D eigenvalue weighted by Gasteiger charge is 2.21. The van der Waals surface area contributed by atoms with E-state index in [0.29, 0.717) is 19.7 Å². The van der Waals surface area contributed by atoms with Gasteiger partial charge in [0.2, 0.25) is 0 Å². The Morgan fingerprint density at radius 3 is 3.15 bits per heavy atom. The topological polar surface area (TPSA) is 29.5 Å². The molecule has 0 spiro atoms. The third kappa shape index (κ3) is 3.02. The molecule has 1 heterocycles. The van der Waals surface area contributed by atoms with Crippen molar-refractivity contribution in [3.05, 3.63) is 0 Å². The van der Waals surface area contributed by atoms with Crippen LogP contribution in [0.4, 0.5) is 0 Å². The first-order chi connectivity index (χ1) is 6.27. The van der Waals surface area contributed by atoms with Crippen molar-refractivity contribution in [2.24, 2.45) is 0 Å². The second-order valence-electron chi connectivity index (χ2n) is 2.87. The molecule has 3 nitrogen and oxygen atoms in total. The molecule has 0 saturated carbocycles. The molecule has 0 aromatic rings. The van der Waals surface area contributed by atoms with Gasteiger partial charge in [0.25, 0.3) is 5.91 Å². The third-order valence-corrected chi connectivity index (χ3v) is 2.23. The molecule has 13 heavy (non-hydrogen) atoms. The lowest BCUT2D eigenvalue weighted by Gasteiger charge is -2.31. The molecule has 1 aliphatic rings. The van der Waals surface area contributed by atoms with E-state index in [4.69, 9.17) is 4.74 Å². The van der Waals surface area contributed by atoms with Crippen LogP contribution in [0.15, 0.2) is 0 Å². The fraction of sp³-hybridized carbons (Fsp3) is 0.667. The molecule has 1 amide bonds. The fourth-order valence-corrected chi connectivity index (χ4v) is 1.44. The molecule has 1 atom stereocenters. The highest BCUT2D eigenvalue weighted by molar-refractivity contribution is 9.12.